The van der Waals surface area contributed by atoms with Crippen LogP contribution in [0.5, 0.6) is 5.75 Å². The summed E-state index contributed by atoms with van der Waals surface area (Å²) in [4.78, 5) is 40.0. The molecule has 1 aromatic carbocycles. The van der Waals surface area contributed by atoms with Crippen LogP contribution in [0.2, 0.25) is 0 Å². The average Bonchev–Trinajstić information content (AvgIpc) is 2.99. The molecule has 8 heteroatoms. The number of amides is 1. The Morgan fingerprint density at radius 3 is 2.34 bits per heavy atom. The summed E-state index contributed by atoms with van der Waals surface area (Å²) in [6.45, 7) is 6.87. The Morgan fingerprint density at radius 1 is 1.21 bits per heavy atom. The summed E-state index contributed by atoms with van der Waals surface area (Å²) >= 11 is 5.88. The first-order valence-corrected chi connectivity index (χ1v) is 9.86. The molecule has 0 aromatic heterocycles. The van der Waals surface area contributed by atoms with Crippen molar-refractivity contribution in [2.24, 2.45) is 5.92 Å². The third-order valence-corrected chi connectivity index (χ3v) is 5.21. The number of para-hydroxylation sites is 1. The van der Waals surface area contributed by atoms with Gasteiger partial charge in [-0.1, -0.05) is 18.2 Å². The molecule has 0 bridgehead atoms. The van der Waals surface area contributed by atoms with Gasteiger partial charge in [0, 0.05) is 5.56 Å². The second-order valence-corrected chi connectivity index (χ2v) is 8.46. The first-order chi connectivity index (χ1) is 13.5. The SMILES string of the molecule is COC(=O)[C@]1(C)C[C@H](C(=O)OC(C)(C)C)[C@H](c2ccccc2OC)N1C(=O)CCl. The van der Waals surface area contributed by atoms with E-state index in [1.807, 2.05) is 0 Å². The fourth-order valence-corrected chi connectivity index (χ4v) is 4.01. The van der Waals surface area contributed by atoms with Crippen LogP contribution in [0.15, 0.2) is 24.3 Å². The molecule has 1 heterocycles. The zero-order valence-corrected chi connectivity index (χ0v) is 18.4. The summed E-state index contributed by atoms with van der Waals surface area (Å²) < 4.78 is 16.0. The summed E-state index contributed by atoms with van der Waals surface area (Å²) in [5, 5.41) is 0. The van der Waals surface area contributed by atoms with Gasteiger partial charge in [-0.25, -0.2) is 4.79 Å². The van der Waals surface area contributed by atoms with Gasteiger partial charge in [-0.2, -0.15) is 0 Å². The Bertz CT molecular complexity index is 790. The fourth-order valence-electron chi connectivity index (χ4n) is 3.88. The minimum Gasteiger partial charge on any atom is -0.496 e. The Hall–Kier alpha value is -2.28. The van der Waals surface area contributed by atoms with Crippen molar-refractivity contribution in [3.8, 4) is 5.75 Å². The first-order valence-electron chi connectivity index (χ1n) is 9.32. The summed E-state index contributed by atoms with van der Waals surface area (Å²) in [6.07, 6.45) is 0.0416. The molecule has 0 saturated carbocycles. The van der Waals surface area contributed by atoms with E-state index in [2.05, 4.69) is 0 Å². The van der Waals surface area contributed by atoms with Gasteiger partial charge < -0.3 is 19.1 Å². The molecule has 3 atom stereocenters. The number of carbonyl (C=O) groups excluding carboxylic acids is 3. The van der Waals surface area contributed by atoms with Crippen LogP contribution in [-0.4, -0.2) is 54.0 Å². The molecule has 7 nitrogen and oxygen atoms in total. The van der Waals surface area contributed by atoms with Crippen LogP contribution in [0, 0.1) is 5.92 Å². The number of nitrogens with zero attached hydrogens (tertiary/aromatic N) is 1. The number of benzene rings is 1. The molecule has 1 aliphatic rings. The summed E-state index contributed by atoms with van der Waals surface area (Å²) in [7, 11) is 2.75. The second kappa shape index (κ2) is 8.61. The maximum atomic E-state index is 13.1. The summed E-state index contributed by atoms with van der Waals surface area (Å²) in [5.74, 6) is -2.27. The van der Waals surface area contributed by atoms with Crippen molar-refractivity contribution in [2.45, 2.75) is 51.3 Å². The smallest absolute Gasteiger partial charge is 0.331 e. The van der Waals surface area contributed by atoms with E-state index >= 15 is 0 Å². The van der Waals surface area contributed by atoms with Crippen LogP contribution in [0.3, 0.4) is 0 Å². The van der Waals surface area contributed by atoms with Gasteiger partial charge in [0.05, 0.1) is 26.2 Å². The van der Waals surface area contributed by atoms with Gasteiger partial charge >= 0.3 is 11.9 Å². The van der Waals surface area contributed by atoms with Gasteiger partial charge in [0.1, 0.15) is 22.8 Å². The number of methoxy groups -OCH3 is 2. The molecule has 160 valence electrons. The van der Waals surface area contributed by atoms with Crippen molar-refractivity contribution in [3.63, 3.8) is 0 Å². The average molecular weight is 426 g/mol. The summed E-state index contributed by atoms with van der Waals surface area (Å²) in [5.41, 5.74) is -1.51. The van der Waals surface area contributed by atoms with Crippen LogP contribution < -0.4 is 4.74 Å². The van der Waals surface area contributed by atoms with Gasteiger partial charge in [0.15, 0.2) is 0 Å². The molecule has 2 rings (SSSR count). The Balaban J connectivity index is 2.68. The molecule has 0 N–H and O–H groups in total. The van der Waals surface area contributed by atoms with Crippen LogP contribution >= 0.6 is 11.6 Å². The zero-order valence-electron chi connectivity index (χ0n) is 17.7. The molecule has 1 amide bonds. The molecule has 1 aliphatic heterocycles. The standard InChI is InChI=1S/C21H28ClNO6/c1-20(2,3)29-18(25)14-11-21(4,19(26)28-6)23(16(24)12-22)17(14)13-9-7-8-10-15(13)27-5/h7-10,14,17H,11-12H2,1-6H3/t14-,17-,21-/m0/s1. The van der Waals surface area contributed by atoms with Crippen molar-refractivity contribution in [1.29, 1.82) is 0 Å². The maximum Gasteiger partial charge on any atom is 0.331 e. The number of likely N-dealkylation sites (tertiary alicyclic amines) is 1. The van der Waals surface area contributed by atoms with Crippen molar-refractivity contribution in [1.82, 2.24) is 4.90 Å². The number of halogens is 1. The lowest BCUT2D eigenvalue weighted by molar-refractivity contribution is -0.161. The third kappa shape index (κ3) is 4.50. The fraction of sp³-hybridized carbons (Fsp3) is 0.571. The largest absolute Gasteiger partial charge is 0.496 e. The number of esters is 2. The van der Waals surface area contributed by atoms with E-state index in [0.717, 1.165) is 0 Å². The molecule has 1 saturated heterocycles. The lowest BCUT2D eigenvalue weighted by atomic mass is 9.89. The molecular formula is C21H28ClNO6. The maximum absolute atomic E-state index is 13.1. The van der Waals surface area contributed by atoms with E-state index in [0.29, 0.717) is 11.3 Å². The minimum absolute atomic E-state index is 0.0416. The van der Waals surface area contributed by atoms with Gasteiger partial charge in [-0.3, -0.25) is 9.59 Å². The number of hydrogen-bond donors (Lipinski definition) is 0. The number of ether oxygens (including phenoxy) is 3. The van der Waals surface area contributed by atoms with Gasteiger partial charge in [-0.05, 0) is 40.2 Å². The zero-order chi connectivity index (χ0) is 22.0. The van der Waals surface area contributed by atoms with E-state index in [9.17, 15) is 14.4 Å². The van der Waals surface area contributed by atoms with Crippen LogP contribution in [0.4, 0.5) is 0 Å². The van der Waals surface area contributed by atoms with Crippen molar-refractivity contribution in [3.05, 3.63) is 29.8 Å². The normalized spacial score (nSPS) is 24.2. The van der Waals surface area contributed by atoms with Gasteiger partial charge in [0.2, 0.25) is 5.91 Å². The van der Waals surface area contributed by atoms with E-state index < -0.39 is 40.9 Å². The predicted molar refractivity (Wildman–Crippen MR) is 108 cm³/mol. The van der Waals surface area contributed by atoms with Crippen molar-refractivity contribution in [2.75, 3.05) is 20.1 Å². The predicted octanol–water partition coefficient (Wildman–Crippen LogP) is 3.10. The van der Waals surface area contributed by atoms with Gasteiger partial charge in [-0.15, -0.1) is 11.6 Å². The first kappa shape index (κ1) is 23.0. The molecule has 0 spiro atoms. The lowest BCUT2D eigenvalue weighted by Crippen LogP contribution is -2.52. The second-order valence-electron chi connectivity index (χ2n) is 8.19. The van der Waals surface area contributed by atoms with Gasteiger partial charge in [0.25, 0.3) is 0 Å². The van der Waals surface area contributed by atoms with E-state index in [-0.39, 0.29) is 12.3 Å². The lowest BCUT2D eigenvalue weighted by Gasteiger charge is -2.36. The van der Waals surface area contributed by atoms with Crippen molar-refractivity contribution >= 4 is 29.4 Å². The topological polar surface area (TPSA) is 82.1 Å². The number of hydrogen-bond acceptors (Lipinski definition) is 6. The number of rotatable bonds is 5. The molecular weight excluding hydrogens is 398 g/mol. The number of carbonyl (C=O) groups is 3. The Labute approximate surface area is 176 Å². The molecule has 1 fully saturated rings. The van der Waals surface area contributed by atoms with Crippen LogP contribution in [0.25, 0.3) is 0 Å². The van der Waals surface area contributed by atoms with Crippen LogP contribution in [-0.2, 0) is 23.9 Å². The Morgan fingerprint density at radius 2 is 1.83 bits per heavy atom. The molecule has 0 aliphatic carbocycles. The number of alkyl halides is 1. The van der Waals surface area contributed by atoms with Crippen molar-refractivity contribution < 1.29 is 28.6 Å². The quantitative estimate of drug-likeness (QED) is 0.532. The molecule has 1 aromatic rings. The highest BCUT2D eigenvalue weighted by atomic mass is 35.5. The molecule has 0 unspecified atom stereocenters. The highest BCUT2D eigenvalue weighted by Crippen LogP contribution is 2.50. The van der Waals surface area contributed by atoms with E-state index in [1.54, 1.807) is 52.0 Å². The van der Waals surface area contributed by atoms with Crippen LogP contribution in [0.1, 0.15) is 45.7 Å². The highest BCUT2D eigenvalue weighted by molar-refractivity contribution is 6.27. The molecule has 29 heavy (non-hydrogen) atoms. The summed E-state index contributed by atoms with van der Waals surface area (Å²) in [6, 6.07) is 6.27. The monoisotopic (exact) mass is 425 g/mol. The Kier molecular flexibility index (Phi) is 6.83. The molecule has 0 radical (unpaired) electrons. The third-order valence-electron chi connectivity index (χ3n) is 4.98. The minimum atomic E-state index is -1.38. The van der Waals surface area contributed by atoms with E-state index in [1.165, 1.54) is 19.1 Å². The highest BCUT2D eigenvalue weighted by Gasteiger charge is 2.59. The van der Waals surface area contributed by atoms with E-state index in [4.69, 9.17) is 25.8 Å².